The molecule has 6 aliphatic carbocycles. The van der Waals surface area contributed by atoms with Gasteiger partial charge in [0.25, 0.3) is 0 Å². The van der Waals surface area contributed by atoms with Crippen molar-refractivity contribution < 1.29 is 9.53 Å². The van der Waals surface area contributed by atoms with E-state index in [1.54, 1.807) is 6.92 Å². The van der Waals surface area contributed by atoms with Crippen LogP contribution in [0.15, 0.2) is 0 Å². The second-order valence-corrected chi connectivity index (χ2v) is 6.33. The Morgan fingerprint density at radius 3 is 2.14 bits per heavy atom. The quantitative estimate of drug-likeness (QED) is 0.583. The summed E-state index contributed by atoms with van der Waals surface area (Å²) in [5.74, 6) is 6.44. The lowest BCUT2D eigenvalue weighted by Crippen LogP contribution is -2.87. The Balaban J connectivity index is 1.57. The van der Waals surface area contributed by atoms with Crippen LogP contribution in [0.4, 0.5) is 0 Å². The third kappa shape index (κ3) is 0.333. The maximum absolute atomic E-state index is 11.0. The molecule has 0 aromatic heterocycles. The van der Waals surface area contributed by atoms with Crippen LogP contribution in [0.3, 0.4) is 0 Å². The van der Waals surface area contributed by atoms with E-state index in [9.17, 15) is 4.79 Å². The summed E-state index contributed by atoms with van der Waals surface area (Å²) >= 11 is 0. The summed E-state index contributed by atoms with van der Waals surface area (Å²) in [6.45, 7) is 4.03. The Bertz CT molecular complexity index is 368. The molecule has 0 spiro atoms. The molecule has 0 radical (unpaired) electrons. The third-order valence-electron chi connectivity index (χ3n) is 6.59. The van der Waals surface area contributed by atoms with Gasteiger partial charge >= 0.3 is 5.97 Å². The van der Waals surface area contributed by atoms with Gasteiger partial charge in [0, 0.05) is 18.8 Å². The van der Waals surface area contributed by atoms with Crippen molar-refractivity contribution in [2.75, 3.05) is 0 Å². The van der Waals surface area contributed by atoms with Gasteiger partial charge in [0.15, 0.2) is 0 Å². The van der Waals surface area contributed by atoms with Crippen LogP contribution in [0.5, 0.6) is 0 Å². The molecule has 4 unspecified atom stereocenters. The van der Waals surface area contributed by atoms with Gasteiger partial charge in [0.05, 0.1) is 0 Å². The van der Waals surface area contributed by atoms with Crippen LogP contribution in [-0.2, 0) is 9.53 Å². The lowest BCUT2D eigenvalue weighted by Gasteiger charge is -2.90. The largest absolute Gasteiger partial charge is 0.462 e. The highest BCUT2D eigenvalue weighted by Crippen LogP contribution is 2.99. The number of carbonyl (C=O) groups excluding carboxylic acids is 1. The normalized spacial score (nSPS) is 77.9. The minimum absolute atomic E-state index is 0.0623. The van der Waals surface area contributed by atoms with Crippen molar-refractivity contribution in [3.05, 3.63) is 0 Å². The molecule has 0 aromatic rings. The van der Waals surface area contributed by atoms with Crippen LogP contribution < -0.4 is 0 Å². The summed E-state index contributed by atoms with van der Waals surface area (Å²) in [7, 11) is 0. The first-order valence-corrected chi connectivity index (χ1v) is 5.84. The van der Waals surface area contributed by atoms with Crippen LogP contribution in [-0.4, -0.2) is 12.1 Å². The van der Waals surface area contributed by atoms with Gasteiger partial charge < -0.3 is 4.74 Å². The molecule has 0 amide bonds. The van der Waals surface area contributed by atoms with Gasteiger partial charge in [0.2, 0.25) is 0 Å². The Kier molecular flexibility index (Phi) is 0.718. The molecule has 6 fully saturated rings. The topological polar surface area (TPSA) is 26.3 Å². The van der Waals surface area contributed by atoms with Crippen molar-refractivity contribution in [3.8, 4) is 0 Å². The lowest BCUT2D eigenvalue weighted by molar-refractivity contribution is -0.440. The van der Waals surface area contributed by atoms with Gasteiger partial charge in [-0.2, -0.15) is 0 Å². The van der Waals surface area contributed by atoms with E-state index in [0.717, 1.165) is 46.8 Å². The second kappa shape index (κ2) is 1.46. The van der Waals surface area contributed by atoms with Crippen molar-refractivity contribution in [1.29, 1.82) is 0 Å². The van der Waals surface area contributed by atoms with E-state index in [4.69, 9.17) is 4.74 Å². The molecular weight excluding hydrogens is 176 g/mol. The van der Waals surface area contributed by atoms with Gasteiger partial charge in [-0.1, -0.05) is 6.92 Å². The van der Waals surface area contributed by atoms with E-state index in [2.05, 4.69) is 6.92 Å². The fourth-order valence-corrected chi connectivity index (χ4v) is 6.76. The molecule has 0 N–H and O–H groups in total. The molecule has 2 heteroatoms. The van der Waals surface area contributed by atoms with Crippen molar-refractivity contribution in [2.24, 2.45) is 46.8 Å². The van der Waals surface area contributed by atoms with E-state index < -0.39 is 0 Å². The zero-order chi connectivity index (χ0) is 9.40. The number of rotatable bonds is 1. The summed E-state index contributed by atoms with van der Waals surface area (Å²) < 4.78 is 5.52. The van der Waals surface area contributed by atoms with Gasteiger partial charge in [-0.05, 0) is 35.0 Å². The summed E-state index contributed by atoms with van der Waals surface area (Å²) in [4.78, 5) is 11.0. The second-order valence-electron chi connectivity index (χ2n) is 6.33. The van der Waals surface area contributed by atoms with E-state index in [1.807, 2.05) is 0 Å². The van der Waals surface area contributed by atoms with E-state index in [0.29, 0.717) is 6.10 Å². The van der Waals surface area contributed by atoms with Crippen molar-refractivity contribution in [1.82, 2.24) is 0 Å². The molecule has 6 saturated carbocycles. The Hall–Kier alpha value is -0.530. The maximum atomic E-state index is 11.0. The predicted molar refractivity (Wildman–Crippen MR) is 48.1 cm³/mol. The van der Waals surface area contributed by atoms with E-state index in [-0.39, 0.29) is 5.97 Å². The average Bonchev–Trinajstić information content (AvgIpc) is 2.30. The molecule has 9 atom stereocenters. The standard InChI is InChI=1S/C12H14O2/c1-3(13)14-11-4-5-8-6(4)10-7(11)9(5)12(8,10)2/h4-11H,1-2H3/t4?,5-,6+,7?,8?,9+,10-,11-,12?/m1/s1. The molecule has 74 valence electrons. The highest BCUT2D eigenvalue weighted by molar-refractivity contribution is 5.66. The minimum Gasteiger partial charge on any atom is -0.462 e. The summed E-state index contributed by atoms with van der Waals surface area (Å²) in [5.41, 5.74) is 0.728. The molecule has 0 aromatic carbocycles. The van der Waals surface area contributed by atoms with Gasteiger partial charge in [-0.25, -0.2) is 0 Å². The van der Waals surface area contributed by atoms with Gasteiger partial charge in [-0.15, -0.1) is 0 Å². The first-order valence-electron chi connectivity index (χ1n) is 5.84. The number of hydrogen-bond acceptors (Lipinski definition) is 2. The highest BCUT2D eigenvalue weighted by Gasteiger charge is 2.99. The molecule has 0 aliphatic heterocycles. The molecule has 14 heavy (non-hydrogen) atoms. The van der Waals surface area contributed by atoms with E-state index >= 15 is 0 Å². The first-order chi connectivity index (χ1) is 6.67. The van der Waals surface area contributed by atoms with Crippen molar-refractivity contribution in [3.63, 3.8) is 0 Å². The predicted octanol–water partition coefficient (Wildman–Crippen LogP) is 1.31. The molecule has 6 aliphatic rings. The van der Waals surface area contributed by atoms with Crippen LogP contribution in [0.1, 0.15) is 13.8 Å². The van der Waals surface area contributed by atoms with Crippen molar-refractivity contribution in [2.45, 2.75) is 20.0 Å². The molecule has 0 heterocycles. The fourth-order valence-electron chi connectivity index (χ4n) is 6.76. The number of ether oxygens (including phenoxy) is 1. The number of carbonyl (C=O) groups is 1. The fraction of sp³-hybridized carbons (Fsp3) is 0.917. The smallest absolute Gasteiger partial charge is 0.302 e. The zero-order valence-corrected chi connectivity index (χ0v) is 8.44. The summed E-state index contributed by atoms with van der Waals surface area (Å²) in [6, 6.07) is 0. The van der Waals surface area contributed by atoms with Gasteiger partial charge in [0.1, 0.15) is 6.10 Å². The van der Waals surface area contributed by atoms with Gasteiger partial charge in [-0.3, -0.25) is 4.79 Å². The summed E-state index contributed by atoms with van der Waals surface area (Å²) in [5, 5.41) is 0. The van der Waals surface area contributed by atoms with E-state index in [1.165, 1.54) is 0 Å². The SMILES string of the molecule is CC(=O)O[C@@H]1C2[C@@H]3C4[C@H]2[C@@H]2C1[C@H]3C42C. The Morgan fingerprint density at radius 1 is 1.07 bits per heavy atom. The molecule has 2 bridgehead atoms. The molecule has 2 nitrogen and oxygen atoms in total. The third-order valence-corrected chi connectivity index (χ3v) is 6.59. The van der Waals surface area contributed by atoms with Crippen LogP contribution >= 0.6 is 0 Å². The Morgan fingerprint density at radius 2 is 1.64 bits per heavy atom. The van der Waals surface area contributed by atoms with Crippen LogP contribution in [0, 0.1) is 46.8 Å². The monoisotopic (exact) mass is 190 g/mol. The Labute approximate surface area is 83.0 Å². The molecule has 6 rings (SSSR count). The van der Waals surface area contributed by atoms with Crippen LogP contribution in [0.25, 0.3) is 0 Å². The number of esters is 1. The molecule has 0 saturated heterocycles. The lowest BCUT2D eigenvalue weighted by atomic mass is 9.14. The zero-order valence-electron chi connectivity index (χ0n) is 8.44. The first kappa shape index (κ1) is 6.86. The minimum atomic E-state index is -0.0623. The van der Waals surface area contributed by atoms with Crippen molar-refractivity contribution >= 4 is 5.97 Å². The average molecular weight is 190 g/mol. The molecular formula is C12H14O2. The number of hydrogen-bond donors (Lipinski definition) is 0. The maximum Gasteiger partial charge on any atom is 0.302 e. The highest BCUT2D eigenvalue weighted by atomic mass is 16.5. The summed E-state index contributed by atoms with van der Waals surface area (Å²) in [6.07, 6.45) is 0.337. The van der Waals surface area contributed by atoms with Crippen LogP contribution in [0.2, 0.25) is 0 Å².